The smallest absolute Gasteiger partial charge is 0.870 e. The van der Waals surface area contributed by atoms with Gasteiger partial charge in [0.25, 0.3) is 0 Å². The second kappa shape index (κ2) is 53.9. The number of nitrogens with zero attached hydrogens (tertiary/aromatic N) is 5. The summed E-state index contributed by atoms with van der Waals surface area (Å²) in [4.78, 5) is 117. The summed E-state index contributed by atoms with van der Waals surface area (Å²) in [5.41, 5.74) is -2.19. The summed E-state index contributed by atoms with van der Waals surface area (Å²) >= 11 is 6.15. The molecule has 4 saturated heterocycles. The topological polar surface area (TPSA) is 349 Å². The quantitative estimate of drug-likeness (QED) is 0.0447. The summed E-state index contributed by atoms with van der Waals surface area (Å²) in [6.07, 6.45) is 1.06. The van der Waals surface area contributed by atoms with Crippen molar-refractivity contribution in [2.24, 2.45) is 11.8 Å². The molecule has 5 amide bonds. The van der Waals surface area contributed by atoms with Crippen LogP contribution >= 0.6 is 11.1 Å². The van der Waals surface area contributed by atoms with Gasteiger partial charge in [-0.25, -0.2) is 43.2 Å². The van der Waals surface area contributed by atoms with E-state index in [4.69, 9.17) is 71.4 Å². The Morgan fingerprint density at radius 1 is 0.411 bits per heavy atom. The van der Waals surface area contributed by atoms with E-state index in [0.29, 0.717) is 36.8 Å². The van der Waals surface area contributed by atoms with Crippen LogP contribution in [-0.2, 0) is 101 Å². The molecule has 0 bridgehead atoms. The van der Waals surface area contributed by atoms with Crippen LogP contribution in [0.15, 0.2) is 17.5 Å². The number of aliphatic hydroxyl groups excluding tert-OH is 1. The van der Waals surface area contributed by atoms with Gasteiger partial charge in [-0.3, -0.25) is 25.9 Å². The predicted octanol–water partition coefficient (Wildman–Crippen LogP) is 14.7. The molecule has 5 aliphatic rings. The number of ether oxygens (including phenoxy) is 10. The fourth-order valence-electron chi connectivity index (χ4n) is 11.0. The molecule has 0 saturated carbocycles. The largest absolute Gasteiger partial charge is 1.00 e. The van der Waals surface area contributed by atoms with E-state index >= 15 is 0 Å². The number of hydrogen-bond acceptors (Lipinski definition) is 25. The summed E-state index contributed by atoms with van der Waals surface area (Å²) in [7, 11) is -2.62. The van der Waals surface area contributed by atoms with E-state index in [1.165, 1.54) is 55.1 Å². The molecule has 5 heterocycles. The van der Waals surface area contributed by atoms with Crippen molar-refractivity contribution in [1.29, 1.82) is 0 Å². The van der Waals surface area contributed by atoms with Crippen LogP contribution in [-0.4, -0.2) is 275 Å². The maximum absolute atomic E-state index is 12.6. The number of methoxy groups -OCH3 is 5. The van der Waals surface area contributed by atoms with Gasteiger partial charge in [0.2, 0.25) is 0 Å². The second-order valence-corrected chi connectivity index (χ2v) is 70.9. The van der Waals surface area contributed by atoms with Crippen LogP contribution in [0.3, 0.4) is 0 Å². The van der Waals surface area contributed by atoms with Crippen molar-refractivity contribution in [3.05, 3.63) is 38.6 Å². The SMILES string of the molecule is C.CC(C)(C)[Si](C)(C)Cl.COC(=O)C1=C[C@@H](O[Si](C)(C)C(C)(C)C)CN1C(=O)OC(C)(C)C.COC(=O)[C@@H]1C[C@@H](O)CN1C(=O)OC(C)(C)C.COC(=O)[C@@H]1C[C@@H](O[Si](C)(C)C(C)(C)C)CN1C(=O)OC(C)(C)C.COC(=O)[C@@H]1[C@H](C)[C@@H](O[Si](C)(C)C(C)(C)C)CN1C(=O)OC(C)(C)C.CO[C-]=C1[C@H](C)[C@@H](O[Si](C)(C)C(C)(C)C)CN1C(=O)OC(C)(C)C.[CH3-].[CH3-].[Cu+].[Li+].[Li+].[OH-]. The Morgan fingerprint density at radius 3 is 1.05 bits per heavy atom. The number of halogens is 1. The van der Waals surface area contributed by atoms with Gasteiger partial charge < -0.3 is 95.4 Å². The van der Waals surface area contributed by atoms with Crippen molar-refractivity contribution in [2.75, 3.05) is 68.3 Å². The van der Waals surface area contributed by atoms with Crippen LogP contribution in [0.2, 0.25) is 90.7 Å². The van der Waals surface area contributed by atoms with E-state index in [2.05, 4.69) is 180 Å². The molecule has 0 aromatic carbocycles. The minimum Gasteiger partial charge on any atom is -0.870 e. The van der Waals surface area contributed by atoms with Crippen LogP contribution in [0.1, 0.15) is 242 Å². The molecule has 30 nitrogen and oxygen atoms in total. The van der Waals surface area contributed by atoms with Gasteiger partial charge in [0.15, 0.2) is 40.7 Å². The van der Waals surface area contributed by atoms with Crippen molar-refractivity contribution in [3.63, 3.8) is 0 Å². The Bertz CT molecular complexity index is 3530. The van der Waals surface area contributed by atoms with Crippen LogP contribution < -0.4 is 37.7 Å². The van der Waals surface area contributed by atoms with Crippen LogP contribution in [0.4, 0.5) is 24.0 Å². The molecular weight excluding hydrogens is 1800 g/mol. The molecule has 2 N–H and O–H groups in total. The summed E-state index contributed by atoms with van der Waals surface area (Å²) in [6, 6.07) is -2.10. The molecule has 4 fully saturated rings. The summed E-state index contributed by atoms with van der Waals surface area (Å²) in [5, 5.41) is 10.1. The average molecular weight is 1980 g/mol. The van der Waals surface area contributed by atoms with Gasteiger partial charge in [0.1, 0.15) is 51.8 Å². The molecule has 0 radical (unpaired) electrons. The predicted molar refractivity (Wildman–Crippen MR) is 512 cm³/mol. The first-order valence-electron chi connectivity index (χ1n) is 42.4. The Kier molecular flexibility index (Phi) is 58.8. The van der Waals surface area contributed by atoms with Gasteiger partial charge in [0, 0.05) is 32.4 Å². The van der Waals surface area contributed by atoms with Crippen molar-refractivity contribution >= 4 is 106 Å². The molecule has 10 atom stereocenters. The summed E-state index contributed by atoms with van der Waals surface area (Å²) < 4.78 is 76.9. The molecule has 0 aliphatic carbocycles. The maximum atomic E-state index is 12.6. The van der Waals surface area contributed by atoms with Gasteiger partial charge >= 0.3 is 109 Å². The zero-order valence-electron chi connectivity index (χ0n) is 89.0. The van der Waals surface area contributed by atoms with E-state index in [0.717, 1.165) is 0 Å². The third kappa shape index (κ3) is 45.9. The number of carbonyl (C=O) groups excluding carboxylic acids is 9. The monoisotopic (exact) mass is 1980 g/mol. The Labute approximate surface area is 826 Å². The van der Waals surface area contributed by atoms with Crippen molar-refractivity contribution in [2.45, 2.75) is 409 Å². The molecule has 0 unspecified atom stereocenters. The third-order valence-corrected chi connectivity index (χ3v) is 46.2. The minimum absolute atomic E-state index is 0. The number of carbonyl (C=O) groups is 9. The minimum atomic E-state index is -2.03. The van der Waals surface area contributed by atoms with Crippen molar-refractivity contribution in [1.82, 2.24) is 24.5 Å². The number of β-amino-alcohol motifs (C(OH)–C–C–N with tert-alkyl or cyclic N) is 1. The van der Waals surface area contributed by atoms with Gasteiger partial charge in [0.05, 0.1) is 85.1 Å². The number of rotatable bonds is 13. The number of amides is 5. The van der Waals surface area contributed by atoms with E-state index < -0.39 is 141 Å². The zero-order valence-corrected chi connectivity index (χ0v) is 95.7. The Balaban J connectivity index is -0.000000229. The first-order valence-corrected chi connectivity index (χ1v) is 58.1. The van der Waals surface area contributed by atoms with E-state index in [-0.39, 0.29) is 170 Å². The number of esters is 4. The molecular formula is C90H178ClCuLi2N5O25Si5-. The fraction of sp³-hybridized carbons (Fsp3) is 0.833. The van der Waals surface area contributed by atoms with Crippen LogP contribution in [0.5, 0.6) is 0 Å². The summed E-state index contributed by atoms with van der Waals surface area (Å²) in [5.74, 6) is -2.10. The molecule has 0 aromatic heterocycles. The first-order chi connectivity index (χ1) is 54.1. The Morgan fingerprint density at radius 2 is 0.721 bits per heavy atom. The standard InChI is InChI=1S/C18H35NO5Si.C18H34NO4Si.C17H33NO5Si.C17H31NO5Si.C11H19NO5.C6H15ClSi.CH4.2CH3.Cu.2Li.H2O/c1-12-13(24-25(9,10)18(5,6)7)11-19(14(12)15(20)22-8)16(21)23-17(2,3)4;1-13-14(12-21-8)19(16(20)22-17(2,3)4)11-15(13)23-24(9,10)18(5,6)7;2*1-16(2,3)22-15(20)18-11-12(10-13(18)14(19)21-7)23-24(8,9)17(4,5)6;1-11(2,3)17-10(15)12-6-7(13)5-8(12)9(14)16-4;1-6(2,3)8(4,5)7;;;;;;;/h12-14H,11H2,1-10H3;13,15H,11H2,1-10H3;12-13H,10-11H2,1-9H3;10,12H,11H2,1-9H3;7-8,13H,5-6H2,1-4H3;1-5H3;1H4;2*1H3;;;;1H2/q;-1;;;;;;2*-1;3*+1;/p-1/t12-,13+,14+;13-,15-;12-,13+;12-;7-,8+;;;;;;;;/m10111......../s1. The molecule has 129 heavy (non-hydrogen) atoms. The normalized spacial score (nSPS) is 21.3. The zero-order chi connectivity index (χ0) is 96.8. The number of likely N-dealkylation sites (tertiary alicyclic amines) is 4. The average Bonchev–Trinajstić information content (AvgIpc) is 1.63. The van der Waals surface area contributed by atoms with Gasteiger partial charge in [-0.15, -0.1) is 5.70 Å². The van der Waals surface area contributed by atoms with E-state index in [1.54, 1.807) is 94.1 Å². The molecule has 0 spiro atoms. The van der Waals surface area contributed by atoms with Gasteiger partial charge in [-0.1, -0.05) is 138 Å². The first kappa shape index (κ1) is 141. The molecule has 754 valence electrons. The maximum Gasteiger partial charge on any atom is 1.00 e. The van der Waals surface area contributed by atoms with Crippen LogP contribution in [0, 0.1) is 33.0 Å². The van der Waals surface area contributed by atoms with E-state index in [1.807, 2.05) is 34.6 Å². The molecule has 5 rings (SSSR count). The third-order valence-electron chi connectivity index (χ3n) is 22.9. The molecule has 0 aromatic rings. The van der Waals surface area contributed by atoms with Crippen molar-refractivity contribution < 1.29 is 174 Å². The van der Waals surface area contributed by atoms with E-state index in [9.17, 15) is 48.3 Å². The Hall–Kier alpha value is -3.64. The number of aliphatic hydroxyl groups is 1. The van der Waals surface area contributed by atoms with Crippen LogP contribution in [0.25, 0.3) is 0 Å². The number of hydrogen-bond donors (Lipinski definition) is 1. The van der Waals surface area contributed by atoms with Gasteiger partial charge in [-0.05, 0) is 193 Å². The summed E-state index contributed by atoms with van der Waals surface area (Å²) in [6.45, 7) is 86.8. The molecule has 5 aliphatic heterocycles. The second-order valence-electron chi connectivity index (χ2n) is 44.6. The fourth-order valence-corrected chi connectivity index (χ4v) is 16.4. The van der Waals surface area contributed by atoms with Crippen molar-refractivity contribution in [3.8, 4) is 0 Å². The van der Waals surface area contributed by atoms with Gasteiger partial charge in [-0.2, -0.15) is 11.1 Å². The molecule has 39 heteroatoms.